The van der Waals surface area contributed by atoms with Crippen LogP contribution in [0.25, 0.3) is 0 Å². The van der Waals surface area contributed by atoms with Gasteiger partial charge in [0.25, 0.3) is 5.91 Å². The number of carbonyl (C=O) groups excluding carboxylic acids is 1. The number of piperidine rings is 1. The Morgan fingerprint density at radius 2 is 2.28 bits per heavy atom. The molecule has 1 aromatic heterocycles. The molecule has 1 aromatic carbocycles. The molecule has 0 radical (unpaired) electrons. The van der Waals surface area contributed by atoms with Gasteiger partial charge in [-0.3, -0.25) is 9.48 Å². The third kappa shape index (κ3) is 2.72. The minimum Gasteiger partial charge on any atom is -0.367 e. The molecule has 4 unspecified atom stereocenters. The Morgan fingerprint density at radius 3 is 2.96 bits per heavy atom. The van der Waals surface area contributed by atoms with Gasteiger partial charge in [-0.2, -0.15) is 0 Å². The molecule has 1 saturated heterocycles. The number of amides is 1. The van der Waals surface area contributed by atoms with E-state index in [1.165, 1.54) is 0 Å². The molecule has 3 heterocycles. The van der Waals surface area contributed by atoms with Crippen molar-refractivity contribution in [1.82, 2.24) is 20.3 Å². The van der Waals surface area contributed by atoms with E-state index in [2.05, 4.69) is 22.6 Å². The number of hydrogen-bond acceptors (Lipinski definition) is 5. The maximum absolute atomic E-state index is 12.0. The number of fused-ring (bicyclic) bond motifs is 2. The summed E-state index contributed by atoms with van der Waals surface area (Å²) in [7, 11) is 1.84. The molecule has 132 valence electrons. The summed E-state index contributed by atoms with van der Waals surface area (Å²) in [6.07, 6.45) is 2.50. The van der Waals surface area contributed by atoms with E-state index in [1.54, 1.807) is 10.7 Å². The summed E-state index contributed by atoms with van der Waals surface area (Å²) >= 11 is 6.14. The highest BCUT2D eigenvalue weighted by molar-refractivity contribution is 6.30. The van der Waals surface area contributed by atoms with Crippen LogP contribution in [0.3, 0.4) is 0 Å². The van der Waals surface area contributed by atoms with E-state index in [9.17, 15) is 4.79 Å². The van der Waals surface area contributed by atoms with Gasteiger partial charge in [0.15, 0.2) is 6.10 Å². The first-order chi connectivity index (χ1) is 11.9. The van der Waals surface area contributed by atoms with Gasteiger partial charge in [-0.15, -0.1) is 5.10 Å². The second-order valence-corrected chi connectivity index (χ2v) is 7.41. The number of nitrogens with zero attached hydrogens (tertiary/aromatic N) is 3. The maximum Gasteiger partial charge on any atom is 0.251 e. The predicted molar refractivity (Wildman–Crippen MR) is 91.7 cm³/mol. The zero-order valence-corrected chi connectivity index (χ0v) is 14.8. The summed E-state index contributed by atoms with van der Waals surface area (Å²) in [5.74, 6) is -0.498. The van der Waals surface area contributed by atoms with Crippen molar-refractivity contribution >= 4 is 17.5 Å². The number of primary amides is 1. The summed E-state index contributed by atoms with van der Waals surface area (Å²) in [6.45, 7) is 2.10. The summed E-state index contributed by atoms with van der Waals surface area (Å²) in [5, 5.41) is 12.4. The van der Waals surface area contributed by atoms with Gasteiger partial charge >= 0.3 is 0 Å². The molecular formula is C17H20ClN5O2. The zero-order valence-electron chi connectivity index (χ0n) is 14.1. The maximum atomic E-state index is 12.0. The summed E-state index contributed by atoms with van der Waals surface area (Å²) in [4.78, 5) is 12.0. The standard InChI is InChI=1S/C17H20ClN5O2/c1-9-6-17(7-13(20-9)14-8-23(2)22-21-14)12-4-3-10(18)5-11(12)15(25-17)16(19)24/h3-5,8-9,13,15,20H,6-7H2,1-2H3,(H2,19,24). The molecule has 3 N–H and O–H groups in total. The van der Waals surface area contributed by atoms with Crippen molar-refractivity contribution in [3.05, 3.63) is 46.2 Å². The summed E-state index contributed by atoms with van der Waals surface area (Å²) < 4.78 is 7.96. The van der Waals surface area contributed by atoms with Crippen LogP contribution in [0.4, 0.5) is 0 Å². The van der Waals surface area contributed by atoms with E-state index in [0.29, 0.717) is 11.4 Å². The van der Waals surface area contributed by atoms with Crippen molar-refractivity contribution in [1.29, 1.82) is 0 Å². The number of carbonyl (C=O) groups is 1. The molecule has 2 aromatic rings. The Morgan fingerprint density at radius 1 is 1.48 bits per heavy atom. The highest BCUT2D eigenvalue weighted by Crippen LogP contribution is 2.52. The average molecular weight is 362 g/mol. The summed E-state index contributed by atoms with van der Waals surface area (Å²) in [6, 6.07) is 5.72. The van der Waals surface area contributed by atoms with Gasteiger partial charge in [0, 0.05) is 30.7 Å². The lowest BCUT2D eigenvalue weighted by Gasteiger charge is -2.41. The second kappa shape index (κ2) is 5.79. The number of halogens is 1. The van der Waals surface area contributed by atoms with Gasteiger partial charge in [0.1, 0.15) is 0 Å². The van der Waals surface area contributed by atoms with E-state index < -0.39 is 17.6 Å². The Hall–Kier alpha value is -1.96. The Balaban J connectivity index is 1.77. The van der Waals surface area contributed by atoms with Crippen LogP contribution in [0.15, 0.2) is 24.4 Å². The third-order valence-electron chi connectivity index (χ3n) is 5.02. The quantitative estimate of drug-likeness (QED) is 0.849. The number of hydrogen-bond donors (Lipinski definition) is 2. The number of aryl methyl sites for hydroxylation is 1. The Kier molecular flexibility index (Phi) is 3.82. The van der Waals surface area contributed by atoms with Crippen molar-refractivity contribution in [3.8, 4) is 0 Å². The van der Waals surface area contributed by atoms with Crippen LogP contribution in [-0.2, 0) is 22.2 Å². The first kappa shape index (κ1) is 16.5. The van der Waals surface area contributed by atoms with Crippen LogP contribution in [0.1, 0.15) is 48.7 Å². The number of ether oxygens (including phenoxy) is 1. The van der Waals surface area contributed by atoms with E-state index in [1.807, 2.05) is 25.4 Å². The largest absolute Gasteiger partial charge is 0.367 e. The SMILES string of the molecule is CC1CC2(CC(c3cn(C)nn3)N1)OC(C(N)=O)c1cc(Cl)ccc12. The van der Waals surface area contributed by atoms with Crippen molar-refractivity contribution in [2.24, 2.45) is 12.8 Å². The lowest BCUT2D eigenvalue weighted by Crippen LogP contribution is -2.47. The van der Waals surface area contributed by atoms with Crippen LogP contribution in [0, 0.1) is 0 Å². The van der Waals surface area contributed by atoms with E-state index >= 15 is 0 Å². The molecule has 8 heteroatoms. The van der Waals surface area contributed by atoms with Gasteiger partial charge in [-0.05, 0) is 36.6 Å². The number of nitrogens with one attached hydrogen (secondary N) is 1. The molecule has 1 spiro atoms. The van der Waals surface area contributed by atoms with E-state index in [-0.39, 0.29) is 12.1 Å². The fraction of sp³-hybridized carbons (Fsp3) is 0.471. The highest BCUT2D eigenvalue weighted by Gasteiger charge is 2.51. The third-order valence-corrected chi connectivity index (χ3v) is 5.26. The Labute approximate surface area is 150 Å². The van der Waals surface area contributed by atoms with Crippen molar-refractivity contribution < 1.29 is 9.53 Å². The lowest BCUT2D eigenvalue weighted by molar-refractivity contribution is -0.148. The first-order valence-corrected chi connectivity index (χ1v) is 8.65. The number of benzene rings is 1. The number of rotatable bonds is 2. The smallest absolute Gasteiger partial charge is 0.251 e. The fourth-order valence-electron chi connectivity index (χ4n) is 4.13. The molecule has 1 fully saturated rings. The first-order valence-electron chi connectivity index (χ1n) is 8.27. The molecule has 2 aliphatic heterocycles. The van der Waals surface area contributed by atoms with Crippen LogP contribution in [-0.4, -0.2) is 26.9 Å². The fourth-order valence-corrected chi connectivity index (χ4v) is 4.31. The molecule has 4 atom stereocenters. The molecule has 4 rings (SSSR count). The molecule has 0 aliphatic carbocycles. The molecule has 25 heavy (non-hydrogen) atoms. The van der Waals surface area contributed by atoms with Gasteiger partial charge in [-0.25, -0.2) is 0 Å². The van der Waals surface area contributed by atoms with Gasteiger partial charge in [0.05, 0.1) is 17.3 Å². The van der Waals surface area contributed by atoms with E-state index in [4.69, 9.17) is 22.1 Å². The number of nitrogens with two attached hydrogens (primary N) is 1. The molecule has 7 nitrogen and oxygen atoms in total. The van der Waals surface area contributed by atoms with Crippen LogP contribution in [0.5, 0.6) is 0 Å². The number of aromatic nitrogens is 3. The van der Waals surface area contributed by atoms with Crippen molar-refractivity contribution in [2.45, 2.75) is 43.6 Å². The van der Waals surface area contributed by atoms with Gasteiger partial charge < -0.3 is 15.8 Å². The van der Waals surface area contributed by atoms with Crippen LogP contribution in [0.2, 0.25) is 5.02 Å². The van der Waals surface area contributed by atoms with Crippen molar-refractivity contribution in [2.75, 3.05) is 0 Å². The Bertz CT molecular complexity index is 838. The van der Waals surface area contributed by atoms with Crippen molar-refractivity contribution in [3.63, 3.8) is 0 Å². The molecule has 0 saturated carbocycles. The monoisotopic (exact) mass is 361 g/mol. The van der Waals surface area contributed by atoms with Crippen LogP contribution >= 0.6 is 11.6 Å². The van der Waals surface area contributed by atoms with Gasteiger partial charge in [-0.1, -0.05) is 22.9 Å². The highest BCUT2D eigenvalue weighted by atomic mass is 35.5. The normalized spacial score (nSPS) is 31.2. The average Bonchev–Trinajstić information content (AvgIpc) is 3.09. The lowest BCUT2D eigenvalue weighted by atomic mass is 9.78. The molecular weight excluding hydrogens is 342 g/mol. The topological polar surface area (TPSA) is 95.1 Å². The molecule has 2 aliphatic rings. The predicted octanol–water partition coefficient (Wildman–Crippen LogP) is 1.73. The molecule has 1 amide bonds. The zero-order chi connectivity index (χ0) is 17.8. The second-order valence-electron chi connectivity index (χ2n) is 6.97. The summed E-state index contributed by atoms with van der Waals surface area (Å²) in [5.41, 5.74) is 7.61. The van der Waals surface area contributed by atoms with Crippen LogP contribution < -0.4 is 11.1 Å². The van der Waals surface area contributed by atoms with Gasteiger partial charge in [0.2, 0.25) is 0 Å². The van der Waals surface area contributed by atoms with E-state index in [0.717, 1.165) is 23.2 Å². The molecule has 0 bridgehead atoms. The minimum atomic E-state index is -0.776. The minimum absolute atomic E-state index is 0.0207.